The maximum Gasteiger partial charge on any atom is 0.253 e. The number of ether oxygens (including phenoxy) is 2. The summed E-state index contributed by atoms with van der Waals surface area (Å²) >= 11 is 0. The number of halogens is 1. The fourth-order valence-electron chi connectivity index (χ4n) is 3.70. The Morgan fingerprint density at radius 3 is 2.30 bits per heavy atom. The van der Waals surface area contributed by atoms with Crippen molar-refractivity contribution in [2.75, 3.05) is 46.2 Å². The van der Waals surface area contributed by atoms with Crippen molar-refractivity contribution in [1.82, 2.24) is 10.2 Å². The summed E-state index contributed by atoms with van der Waals surface area (Å²) in [6, 6.07) is 14.3. The average Bonchev–Trinajstić information content (AvgIpc) is 2.79. The van der Waals surface area contributed by atoms with Crippen LogP contribution in [0.4, 0.5) is 5.69 Å². The number of carbonyl (C=O) groups is 1. The van der Waals surface area contributed by atoms with Gasteiger partial charge in [0.05, 0.1) is 14.2 Å². The van der Waals surface area contributed by atoms with Gasteiger partial charge in [0.15, 0.2) is 11.5 Å². The molecule has 6 nitrogen and oxygen atoms in total. The zero-order valence-corrected chi connectivity index (χ0v) is 18.8. The van der Waals surface area contributed by atoms with E-state index in [1.807, 2.05) is 11.9 Å². The highest BCUT2D eigenvalue weighted by molar-refractivity contribution is 5.95. The number of piperidine rings is 1. The summed E-state index contributed by atoms with van der Waals surface area (Å²) in [6.45, 7) is 2.48. The van der Waals surface area contributed by atoms with E-state index in [-0.39, 0.29) is 18.3 Å². The quantitative estimate of drug-likeness (QED) is 0.666. The molecule has 2 aromatic rings. The number of amides is 1. The highest BCUT2D eigenvalue weighted by Crippen LogP contribution is 2.28. The van der Waals surface area contributed by atoms with Crippen molar-refractivity contribution in [2.24, 2.45) is 0 Å². The molecule has 2 N–H and O–H groups in total. The van der Waals surface area contributed by atoms with Crippen LogP contribution in [0, 0.1) is 0 Å². The Bertz CT molecular complexity index is 806. The summed E-state index contributed by atoms with van der Waals surface area (Å²) in [6.07, 6.45) is 2.95. The van der Waals surface area contributed by atoms with Crippen molar-refractivity contribution in [3.05, 3.63) is 53.6 Å². The SMILES string of the molecule is CNc1ccc(CCNC2CCN(C(=O)c3ccc(OC)c(OC)c3)CC2)cc1.Cl. The Kier molecular flexibility index (Phi) is 9.27. The first-order valence-electron chi connectivity index (χ1n) is 10.2. The molecule has 1 aliphatic heterocycles. The Labute approximate surface area is 185 Å². The number of nitrogens with zero attached hydrogens (tertiary/aromatic N) is 1. The smallest absolute Gasteiger partial charge is 0.253 e. The number of hydrogen-bond acceptors (Lipinski definition) is 5. The van der Waals surface area contributed by atoms with Gasteiger partial charge in [-0.05, 0) is 61.7 Å². The number of rotatable bonds is 8. The Hall–Kier alpha value is -2.44. The third kappa shape index (κ3) is 6.03. The summed E-state index contributed by atoms with van der Waals surface area (Å²) in [5, 5.41) is 6.78. The Morgan fingerprint density at radius 2 is 1.70 bits per heavy atom. The number of carbonyl (C=O) groups excluding carboxylic acids is 1. The predicted octanol–water partition coefficient (Wildman–Crippen LogP) is 3.60. The molecule has 7 heteroatoms. The molecule has 1 fully saturated rings. The molecule has 2 aromatic carbocycles. The molecule has 0 radical (unpaired) electrons. The van der Waals surface area contributed by atoms with Crippen LogP contribution in [0.5, 0.6) is 11.5 Å². The molecule has 1 saturated heterocycles. The summed E-state index contributed by atoms with van der Waals surface area (Å²) < 4.78 is 10.6. The Morgan fingerprint density at radius 1 is 1.03 bits per heavy atom. The van der Waals surface area contributed by atoms with Crippen molar-refractivity contribution in [3.63, 3.8) is 0 Å². The minimum atomic E-state index is 0. The van der Waals surface area contributed by atoms with Crippen molar-refractivity contribution in [2.45, 2.75) is 25.3 Å². The van der Waals surface area contributed by atoms with Crippen molar-refractivity contribution in [3.8, 4) is 11.5 Å². The van der Waals surface area contributed by atoms with Crippen LogP contribution in [-0.4, -0.2) is 57.8 Å². The number of methoxy groups -OCH3 is 2. The molecule has 0 saturated carbocycles. The first kappa shape index (κ1) is 23.8. The van der Waals surface area contributed by atoms with Gasteiger partial charge < -0.3 is 25.0 Å². The second-order valence-electron chi connectivity index (χ2n) is 7.29. The lowest BCUT2D eigenvalue weighted by Gasteiger charge is -2.32. The number of anilines is 1. The first-order valence-corrected chi connectivity index (χ1v) is 10.2. The van der Waals surface area contributed by atoms with Gasteiger partial charge in [0.25, 0.3) is 5.91 Å². The van der Waals surface area contributed by atoms with Crippen molar-refractivity contribution < 1.29 is 14.3 Å². The summed E-state index contributed by atoms with van der Waals surface area (Å²) in [7, 11) is 5.10. The molecule has 3 rings (SSSR count). The van der Waals surface area contributed by atoms with Gasteiger partial charge in [0, 0.05) is 37.4 Å². The molecule has 0 unspecified atom stereocenters. The van der Waals surface area contributed by atoms with E-state index in [2.05, 4.69) is 34.9 Å². The van der Waals surface area contributed by atoms with Crippen molar-refractivity contribution >= 4 is 24.0 Å². The van der Waals surface area contributed by atoms with Gasteiger partial charge in [-0.1, -0.05) is 12.1 Å². The van der Waals surface area contributed by atoms with E-state index in [4.69, 9.17) is 9.47 Å². The molecule has 1 aliphatic rings. The monoisotopic (exact) mass is 433 g/mol. The molecule has 1 amide bonds. The molecule has 0 aliphatic carbocycles. The van der Waals surface area contributed by atoms with E-state index in [9.17, 15) is 4.79 Å². The van der Waals surface area contributed by atoms with Crippen LogP contribution in [0.3, 0.4) is 0 Å². The minimum Gasteiger partial charge on any atom is -0.493 e. The predicted molar refractivity (Wildman–Crippen MR) is 123 cm³/mol. The van der Waals surface area contributed by atoms with Crippen LogP contribution < -0.4 is 20.1 Å². The molecule has 0 spiro atoms. The normalized spacial score (nSPS) is 14.0. The van der Waals surface area contributed by atoms with Gasteiger partial charge in [-0.15, -0.1) is 12.4 Å². The van der Waals surface area contributed by atoms with E-state index in [0.717, 1.165) is 44.6 Å². The lowest BCUT2D eigenvalue weighted by molar-refractivity contribution is 0.0705. The van der Waals surface area contributed by atoms with Gasteiger partial charge in [0.1, 0.15) is 0 Å². The average molecular weight is 434 g/mol. The zero-order chi connectivity index (χ0) is 20.6. The van der Waals surface area contributed by atoms with Gasteiger partial charge in [-0.3, -0.25) is 4.79 Å². The van der Waals surface area contributed by atoms with Crippen LogP contribution in [0.2, 0.25) is 0 Å². The second kappa shape index (κ2) is 11.7. The molecular weight excluding hydrogens is 402 g/mol. The summed E-state index contributed by atoms with van der Waals surface area (Å²) in [5.41, 5.74) is 3.10. The van der Waals surface area contributed by atoms with E-state index in [1.54, 1.807) is 32.4 Å². The molecule has 0 aromatic heterocycles. The number of benzene rings is 2. The largest absolute Gasteiger partial charge is 0.493 e. The van der Waals surface area contributed by atoms with Crippen LogP contribution in [-0.2, 0) is 6.42 Å². The minimum absolute atomic E-state index is 0. The van der Waals surface area contributed by atoms with Crippen LogP contribution >= 0.6 is 12.4 Å². The van der Waals surface area contributed by atoms with Crippen molar-refractivity contribution in [1.29, 1.82) is 0 Å². The maximum atomic E-state index is 12.8. The third-order valence-electron chi connectivity index (χ3n) is 5.50. The number of nitrogens with one attached hydrogen (secondary N) is 2. The molecule has 0 bridgehead atoms. The Balaban J connectivity index is 0.00000320. The number of hydrogen-bond donors (Lipinski definition) is 2. The van der Waals surface area contributed by atoms with Crippen LogP contribution in [0.15, 0.2) is 42.5 Å². The van der Waals surface area contributed by atoms with Gasteiger partial charge >= 0.3 is 0 Å². The fraction of sp³-hybridized carbons (Fsp3) is 0.435. The van der Waals surface area contributed by atoms with Crippen LogP contribution in [0.1, 0.15) is 28.8 Å². The standard InChI is InChI=1S/C23H31N3O3.ClH/c1-24-19-7-4-17(5-8-19)10-13-25-20-11-14-26(15-12-20)23(27)18-6-9-21(28-2)22(16-18)29-3;/h4-9,16,20,24-25H,10-15H2,1-3H3;1H. The number of likely N-dealkylation sites (tertiary alicyclic amines) is 1. The van der Waals surface area contributed by atoms with Gasteiger partial charge in [0.2, 0.25) is 0 Å². The van der Waals surface area contributed by atoms with Gasteiger partial charge in [-0.25, -0.2) is 0 Å². The lowest BCUT2D eigenvalue weighted by atomic mass is 10.0. The lowest BCUT2D eigenvalue weighted by Crippen LogP contribution is -2.45. The molecule has 0 atom stereocenters. The molecule has 164 valence electrons. The second-order valence-corrected chi connectivity index (χ2v) is 7.29. The molecular formula is C23H32ClN3O3. The fourth-order valence-corrected chi connectivity index (χ4v) is 3.70. The van der Waals surface area contributed by atoms with Gasteiger partial charge in [-0.2, -0.15) is 0 Å². The van der Waals surface area contributed by atoms with Crippen LogP contribution in [0.25, 0.3) is 0 Å². The molecule has 1 heterocycles. The van der Waals surface area contributed by atoms with E-state index in [1.165, 1.54) is 5.56 Å². The first-order chi connectivity index (χ1) is 14.1. The maximum absolute atomic E-state index is 12.8. The topological polar surface area (TPSA) is 62.8 Å². The highest BCUT2D eigenvalue weighted by Gasteiger charge is 2.24. The summed E-state index contributed by atoms with van der Waals surface area (Å²) in [4.78, 5) is 14.8. The third-order valence-corrected chi connectivity index (χ3v) is 5.50. The van der Waals surface area contributed by atoms with E-state index >= 15 is 0 Å². The van der Waals surface area contributed by atoms with E-state index < -0.39 is 0 Å². The zero-order valence-electron chi connectivity index (χ0n) is 17.9. The van der Waals surface area contributed by atoms with E-state index in [0.29, 0.717) is 23.1 Å². The highest BCUT2D eigenvalue weighted by atomic mass is 35.5. The summed E-state index contributed by atoms with van der Waals surface area (Å²) in [5.74, 6) is 1.26. The molecule has 30 heavy (non-hydrogen) atoms.